The molecule has 8 heteroatoms. The fourth-order valence-corrected chi connectivity index (χ4v) is 3.27. The molecule has 0 saturated carbocycles. The number of fused-ring (bicyclic) bond motifs is 3. The van der Waals surface area contributed by atoms with Gasteiger partial charge in [-0.25, -0.2) is 4.98 Å². The Kier molecular flexibility index (Phi) is 3.90. The predicted octanol–water partition coefficient (Wildman–Crippen LogP) is 3.68. The van der Waals surface area contributed by atoms with Gasteiger partial charge in [0.2, 0.25) is 5.91 Å². The second-order valence-electron chi connectivity index (χ2n) is 6.24. The van der Waals surface area contributed by atoms with E-state index in [9.17, 15) is 18.0 Å². The van der Waals surface area contributed by atoms with Crippen molar-refractivity contribution in [3.05, 3.63) is 42.4 Å². The number of nitrogens with zero attached hydrogens (tertiary/aromatic N) is 3. The Morgan fingerprint density at radius 3 is 2.92 bits per heavy atom. The number of halogens is 3. The van der Waals surface area contributed by atoms with E-state index in [1.54, 1.807) is 18.6 Å². The van der Waals surface area contributed by atoms with Crippen LogP contribution in [0.4, 0.5) is 13.2 Å². The van der Waals surface area contributed by atoms with E-state index in [4.69, 9.17) is 0 Å². The molecule has 5 nitrogen and oxygen atoms in total. The molecule has 134 valence electrons. The summed E-state index contributed by atoms with van der Waals surface area (Å²) in [4.78, 5) is 25.2. The molecule has 0 bridgehead atoms. The fourth-order valence-electron chi connectivity index (χ4n) is 3.27. The summed E-state index contributed by atoms with van der Waals surface area (Å²) in [5, 5.41) is 1.85. The lowest BCUT2D eigenvalue weighted by Crippen LogP contribution is -2.29. The van der Waals surface area contributed by atoms with E-state index in [0.29, 0.717) is 13.1 Å². The number of aromatic amines is 1. The van der Waals surface area contributed by atoms with E-state index >= 15 is 0 Å². The van der Waals surface area contributed by atoms with Crippen LogP contribution >= 0.6 is 0 Å². The number of carbonyl (C=O) groups is 1. The topological polar surface area (TPSA) is 61.9 Å². The van der Waals surface area contributed by atoms with Crippen molar-refractivity contribution >= 4 is 33.4 Å². The maximum atomic E-state index is 12.3. The van der Waals surface area contributed by atoms with Crippen LogP contribution in [0.5, 0.6) is 0 Å². The standard InChI is InChI=1S/C18H15F3N4O/c19-18(20,21)5-1-15(26)25-8-4-11(10-25)12-2-6-22-14-9-24-17-13(16(12)14)3-7-23-17/h2-4,6-7,9H,1,5,8,10H2,(H,23,24). The number of alkyl halides is 3. The van der Waals surface area contributed by atoms with E-state index in [0.717, 1.165) is 33.1 Å². The first-order valence-electron chi connectivity index (χ1n) is 8.17. The van der Waals surface area contributed by atoms with Crippen LogP contribution in [0.25, 0.3) is 27.5 Å². The van der Waals surface area contributed by atoms with Gasteiger partial charge in [-0.2, -0.15) is 13.2 Å². The highest BCUT2D eigenvalue weighted by Crippen LogP contribution is 2.32. The number of nitrogens with one attached hydrogen (secondary N) is 1. The molecule has 0 radical (unpaired) electrons. The van der Waals surface area contributed by atoms with Crippen molar-refractivity contribution in [2.45, 2.75) is 19.0 Å². The Balaban J connectivity index is 1.61. The molecule has 0 atom stereocenters. The monoisotopic (exact) mass is 360 g/mol. The van der Waals surface area contributed by atoms with Crippen molar-refractivity contribution in [2.24, 2.45) is 0 Å². The van der Waals surface area contributed by atoms with Crippen LogP contribution in [0.2, 0.25) is 0 Å². The summed E-state index contributed by atoms with van der Waals surface area (Å²) in [6.45, 7) is 0.612. The fraction of sp³-hybridized carbons (Fsp3) is 0.278. The van der Waals surface area contributed by atoms with Crippen LogP contribution in [0.3, 0.4) is 0 Å². The molecule has 1 amide bonds. The first kappa shape index (κ1) is 16.6. The highest BCUT2D eigenvalue weighted by atomic mass is 19.4. The smallest absolute Gasteiger partial charge is 0.346 e. The lowest BCUT2D eigenvalue weighted by Gasteiger charge is -2.17. The number of hydrogen-bond acceptors (Lipinski definition) is 3. The molecule has 3 aromatic heterocycles. The third-order valence-corrected chi connectivity index (χ3v) is 4.53. The number of H-pyrrole nitrogens is 1. The van der Waals surface area contributed by atoms with E-state index in [1.807, 2.05) is 18.2 Å². The largest absolute Gasteiger partial charge is 0.389 e. The van der Waals surface area contributed by atoms with Crippen molar-refractivity contribution in [3.8, 4) is 0 Å². The first-order valence-corrected chi connectivity index (χ1v) is 8.17. The van der Waals surface area contributed by atoms with E-state index < -0.39 is 24.9 Å². The zero-order chi connectivity index (χ0) is 18.3. The summed E-state index contributed by atoms with van der Waals surface area (Å²) in [6, 6.07) is 3.78. The second-order valence-corrected chi connectivity index (χ2v) is 6.24. The Bertz CT molecular complexity index is 1020. The van der Waals surface area contributed by atoms with Gasteiger partial charge in [0.15, 0.2) is 0 Å². The molecule has 0 aromatic carbocycles. The summed E-state index contributed by atoms with van der Waals surface area (Å²) < 4.78 is 37.0. The van der Waals surface area contributed by atoms with Gasteiger partial charge in [-0.3, -0.25) is 9.78 Å². The van der Waals surface area contributed by atoms with Crippen molar-refractivity contribution in [1.82, 2.24) is 19.9 Å². The highest BCUT2D eigenvalue weighted by Gasteiger charge is 2.30. The van der Waals surface area contributed by atoms with Crippen LogP contribution in [-0.2, 0) is 4.79 Å². The number of pyridine rings is 2. The van der Waals surface area contributed by atoms with Gasteiger partial charge in [-0.1, -0.05) is 6.08 Å². The quantitative estimate of drug-likeness (QED) is 0.775. The summed E-state index contributed by atoms with van der Waals surface area (Å²) in [5.41, 5.74) is 3.31. The molecule has 0 unspecified atom stereocenters. The molecule has 4 rings (SSSR count). The minimum absolute atomic E-state index is 0.296. The molecule has 1 N–H and O–H groups in total. The number of hydrogen-bond donors (Lipinski definition) is 1. The van der Waals surface area contributed by atoms with Crippen molar-refractivity contribution < 1.29 is 18.0 Å². The van der Waals surface area contributed by atoms with Gasteiger partial charge in [-0.15, -0.1) is 0 Å². The number of amides is 1. The number of rotatable bonds is 3. The molecule has 0 aliphatic carbocycles. The van der Waals surface area contributed by atoms with Crippen molar-refractivity contribution in [1.29, 1.82) is 0 Å². The third-order valence-electron chi connectivity index (χ3n) is 4.53. The SMILES string of the molecule is O=C(CCC(F)(F)F)N1CC=C(c2ccnc3cnc4[nH]ccc4c23)C1. The van der Waals surface area contributed by atoms with Gasteiger partial charge in [0, 0.05) is 42.7 Å². The molecular formula is C18H15F3N4O. The van der Waals surface area contributed by atoms with Gasteiger partial charge >= 0.3 is 6.18 Å². The predicted molar refractivity (Wildman–Crippen MR) is 91.2 cm³/mol. The highest BCUT2D eigenvalue weighted by molar-refractivity contribution is 6.09. The maximum absolute atomic E-state index is 12.3. The Hall–Kier alpha value is -2.90. The van der Waals surface area contributed by atoms with Gasteiger partial charge in [0.05, 0.1) is 18.1 Å². The summed E-state index contributed by atoms with van der Waals surface area (Å²) in [6.07, 6.45) is 1.11. The van der Waals surface area contributed by atoms with Crippen LogP contribution in [-0.4, -0.2) is 45.0 Å². The van der Waals surface area contributed by atoms with E-state index in [-0.39, 0.29) is 0 Å². The minimum atomic E-state index is -4.32. The molecule has 0 fully saturated rings. The molecule has 1 aliphatic rings. The second kappa shape index (κ2) is 6.12. The molecule has 0 saturated heterocycles. The molecular weight excluding hydrogens is 345 g/mol. The van der Waals surface area contributed by atoms with Gasteiger partial charge < -0.3 is 9.88 Å². The van der Waals surface area contributed by atoms with Crippen LogP contribution in [0.15, 0.2) is 36.8 Å². The molecule has 4 heterocycles. The van der Waals surface area contributed by atoms with Crippen LogP contribution in [0.1, 0.15) is 18.4 Å². The van der Waals surface area contributed by atoms with E-state index in [1.165, 1.54) is 4.90 Å². The molecule has 0 spiro atoms. The van der Waals surface area contributed by atoms with Crippen LogP contribution < -0.4 is 0 Å². The Morgan fingerprint density at radius 1 is 1.27 bits per heavy atom. The van der Waals surface area contributed by atoms with Crippen molar-refractivity contribution in [2.75, 3.05) is 13.1 Å². The van der Waals surface area contributed by atoms with Gasteiger partial charge in [0.25, 0.3) is 0 Å². The summed E-state index contributed by atoms with van der Waals surface area (Å²) in [5.74, 6) is -0.486. The van der Waals surface area contributed by atoms with Crippen molar-refractivity contribution in [3.63, 3.8) is 0 Å². The molecule has 1 aliphatic heterocycles. The first-order chi connectivity index (χ1) is 12.4. The average Bonchev–Trinajstić information content (AvgIpc) is 3.27. The van der Waals surface area contributed by atoms with E-state index in [2.05, 4.69) is 15.0 Å². The Labute approximate surface area is 146 Å². The maximum Gasteiger partial charge on any atom is 0.389 e. The number of aromatic nitrogens is 3. The molecule has 26 heavy (non-hydrogen) atoms. The molecule has 3 aromatic rings. The lowest BCUT2D eigenvalue weighted by molar-refractivity contribution is -0.148. The average molecular weight is 360 g/mol. The summed E-state index contributed by atoms with van der Waals surface area (Å²) >= 11 is 0. The van der Waals surface area contributed by atoms with Crippen LogP contribution in [0, 0.1) is 0 Å². The zero-order valence-corrected chi connectivity index (χ0v) is 13.7. The number of carbonyl (C=O) groups excluding carboxylic acids is 1. The third kappa shape index (κ3) is 3.02. The normalized spacial score (nSPS) is 15.0. The van der Waals surface area contributed by atoms with Gasteiger partial charge in [0.1, 0.15) is 5.65 Å². The minimum Gasteiger partial charge on any atom is -0.346 e. The van der Waals surface area contributed by atoms with Gasteiger partial charge in [-0.05, 0) is 23.3 Å². The zero-order valence-electron chi connectivity index (χ0n) is 13.7. The lowest BCUT2D eigenvalue weighted by atomic mass is 10.0. The summed E-state index contributed by atoms with van der Waals surface area (Å²) in [7, 11) is 0. The Morgan fingerprint density at radius 2 is 2.12 bits per heavy atom.